The summed E-state index contributed by atoms with van der Waals surface area (Å²) in [5.74, 6) is -1.98. The summed E-state index contributed by atoms with van der Waals surface area (Å²) in [6.07, 6.45) is 0. The van der Waals surface area contributed by atoms with Crippen molar-refractivity contribution in [2.75, 3.05) is 5.73 Å². The molecule has 0 bridgehead atoms. The van der Waals surface area contributed by atoms with Crippen molar-refractivity contribution in [3.05, 3.63) is 55.9 Å². The van der Waals surface area contributed by atoms with Gasteiger partial charge in [-0.25, -0.2) is 0 Å². The highest BCUT2D eigenvalue weighted by atomic mass is 16.6. The minimum absolute atomic E-state index is 0.158. The molecule has 12 heteroatoms. The van der Waals surface area contributed by atoms with Gasteiger partial charge < -0.3 is 15.8 Å². The molecule has 126 valence electrons. The quantitative estimate of drug-likeness (QED) is 0.211. The van der Waals surface area contributed by atoms with Crippen LogP contribution in [0.3, 0.4) is 0 Å². The number of hydrogen-bond donors (Lipinski definition) is 4. The maximum atomic E-state index is 12.3. The molecule has 1 aliphatic rings. The van der Waals surface area contributed by atoms with Crippen LogP contribution in [0.5, 0.6) is 0 Å². The van der Waals surface area contributed by atoms with E-state index in [1.54, 1.807) is 0 Å². The molecule has 2 amide bonds. The topological polar surface area (TPSA) is 178 Å². The van der Waals surface area contributed by atoms with E-state index in [1.165, 1.54) is 0 Å². The van der Waals surface area contributed by atoms with E-state index in [2.05, 4.69) is 0 Å². The predicted octanol–water partition coefficient (Wildman–Crippen LogP) is -2.11. The Morgan fingerprint density at radius 3 is 2.40 bits per heavy atom. The number of nitrogens with two attached hydrogens (primary N) is 1. The average Bonchev–Trinajstić information content (AvgIpc) is 2.81. The second-order valence-corrected chi connectivity index (χ2v) is 5.19. The van der Waals surface area contributed by atoms with Gasteiger partial charge in [-0.05, 0) is 11.5 Å². The number of amides is 2. The van der Waals surface area contributed by atoms with Crippen LogP contribution in [0.1, 0.15) is 20.7 Å². The number of nitrogens with one attached hydrogen (secondary N) is 1. The highest BCUT2D eigenvalue weighted by Gasteiger charge is 2.32. The molecule has 0 unspecified atom stereocenters. The smallest absolute Gasteiger partial charge is 0.423 e. The third kappa shape index (κ3) is 2.54. The van der Waals surface area contributed by atoms with Crippen LogP contribution >= 0.6 is 0 Å². The summed E-state index contributed by atoms with van der Waals surface area (Å²) in [5, 5.41) is 31.6. The molecule has 3 rings (SSSR count). The van der Waals surface area contributed by atoms with Gasteiger partial charge in [0.2, 0.25) is 0 Å². The lowest BCUT2D eigenvalue weighted by atomic mass is 9.80. The van der Waals surface area contributed by atoms with Crippen LogP contribution in [0.4, 0.5) is 11.5 Å². The lowest BCUT2D eigenvalue weighted by Crippen LogP contribution is -2.32. The van der Waals surface area contributed by atoms with Gasteiger partial charge in [0.1, 0.15) is 5.82 Å². The molecule has 0 spiro atoms. The van der Waals surface area contributed by atoms with E-state index in [-0.39, 0.29) is 22.3 Å². The molecule has 1 aromatic carbocycles. The van der Waals surface area contributed by atoms with E-state index in [1.807, 2.05) is 5.32 Å². The molecule has 0 saturated heterocycles. The fourth-order valence-electron chi connectivity index (χ4n) is 2.55. The molecule has 1 aromatic heterocycles. The number of carbonyl (C=O) groups excluding carboxylic acids is 2. The summed E-state index contributed by atoms with van der Waals surface area (Å²) in [7, 11) is -2.03. The van der Waals surface area contributed by atoms with E-state index >= 15 is 0 Å². The highest BCUT2D eigenvalue weighted by Crippen LogP contribution is 2.24. The van der Waals surface area contributed by atoms with Crippen LogP contribution in [0.2, 0.25) is 0 Å². The third-order valence-corrected chi connectivity index (χ3v) is 3.65. The summed E-state index contributed by atoms with van der Waals surface area (Å²) in [6.45, 7) is 0. The monoisotopic (exact) mass is 344 g/mol. The summed E-state index contributed by atoms with van der Waals surface area (Å²) in [4.78, 5) is 46.0. The van der Waals surface area contributed by atoms with Gasteiger partial charge in [0.05, 0.1) is 21.7 Å². The number of rotatable bonds is 3. The summed E-state index contributed by atoms with van der Waals surface area (Å²) in [5.41, 5.74) is 3.65. The number of pyridine rings is 1. The SMILES string of the molecule is Nc1c2c(cc(=O)n1-c1cc(B(O)O)cc([N+](=O)[O-])c1)C(=O)NC2=O. The lowest BCUT2D eigenvalue weighted by molar-refractivity contribution is -0.384. The molecule has 1 aliphatic heterocycles. The summed E-state index contributed by atoms with van der Waals surface area (Å²) in [6, 6.07) is 3.86. The number of imide groups is 1. The number of hydrogen-bond acceptors (Lipinski definition) is 8. The van der Waals surface area contributed by atoms with Gasteiger partial charge in [0, 0.05) is 18.2 Å². The molecule has 2 aromatic rings. The molecule has 11 nitrogen and oxygen atoms in total. The second-order valence-electron chi connectivity index (χ2n) is 5.19. The van der Waals surface area contributed by atoms with Crippen molar-refractivity contribution in [2.45, 2.75) is 0 Å². The number of fused-ring (bicyclic) bond motifs is 1. The second kappa shape index (κ2) is 5.54. The van der Waals surface area contributed by atoms with Crippen molar-refractivity contribution >= 4 is 35.9 Å². The fourth-order valence-corrected chi connectivity index (χ4v) is 2.55. The largest absolute Gasteiger partial charge is 0.488 e. The Bertz CT molecular complexity index is 1010. The summed E-state index contributed by atoms with van der Waals surface area (Å²) < 4.78 is 0.774. The average molecular weight is 344 g/mol. The molecule has 25 heavy (non-hydrogen) atoms. The van der Waals surface area contributed by atoms with Gasteiger partial charge in [0.25, 0.3) is 23.1 Å². The number of nitro benzene ring substituents is 1. The highest BCUT2D eigenvalue weighted by molar-refractivity contribution is 6.58. The number of nitrogens with zero attached hydrogens (tertiary/aromatic N) is 2. The zero-order chi connectivity index (χ0) is 18.5. The van der Waals surface area contributed by atoms with Crippen molar-refractivity contribution < 1.29 is 24.6 Å². The van der Waals surface area contributed by atoms with Crippen molar-refractivity contribution in [1.29, 1.82) is 0 Å². The van der Waals surface area contributed by atoms with E-state index in [0.717, 1.165) is 28.8 Å². The number of benzene rings is 1. The first kappa shape index (κ1) is 16.4. The first-order valence-electron chi connectivity index (χ1n) is 6.78. The molecule has 0 fully saturated rings. The van der Waals surface area contributed by atoms with Gasteiger partial charge in [-0.1, -0.05) is 0 Å². The van der Waals surface area contributed by atoms with Crippen LogP contribution < -0.4 is 22.1 Å². The van der Waals surface area contributed by atoms with E-state index in [0.29, 0.717) is 0 Å². The van der Waals surface area contributed by atoms with Crippen LogP contribution in [0.25, 0.3) is 5.69 Å². The zero-order valence-electron chi connectivity index (χ0n) is 12.3. The van der Waals surface area contributed by atoms with Crippen molar-refractivity contribution in [1.82, 2.24) is 9.88 Å². The minimum atomic E-state index is -2.03. The molecular weight excluding hydrogens is 335 g/mol. The number of aromatic nitrogens is 1. The number of non-ortho nitro benzene ring substituents is 1. The number of anilines is 1. The molecule has 0 radical (unpaired) electrons. The van der Waals surface area contributed by atoms with Crippen molar-refractivity contribution in [3.8, 4) is 5.69 Å². The lowest BCUT2D eigenvalue weighted by Gasteiger charge is -2.13. The standard InChI is InChI=1S/C13H9BN4O7/c15-11-10-8(12(20)16-13(10)21)4-9(19)17(11)6-1-5(14(22)23)2-7(3-6)18(24)25/h1-4,22-23H,15H2,(H,16,20,21). The Kier molecular flexibility index (Phi) is 3.62. The van der Waals surface area contributed by atoms with Gasteiger partial charge in [-0.3, -0.25) is 34.4 Å². The first-order chi connectivity index (χ1) is 11.7. The van der Waals surface area contributed by atoms with Gasteiger partial charge >= 0.3 is 7.12 Å². The number of carbonyl (C=O) groups is 2. The number of nitro groups is 1. The van der Waals surface area contributed by atoms with Gasteiger partial charge in [-0.2, -0.15) is 0 Å². The van der Waals surface area contributed by atoms with Crippen molar-refractivity contribution in [3.63, 3.8) is 0 Å². The predicted molar refractivity (Wildman–Crippen MR) is 84.7 cm³/mol. The Labute approximate surface area is 138 Å². The zero-order valence-corrected chi connectivity index (χ0v) is 12.3. The maximum absolute atomic E-state index is 12.3. The molecule has 0 atom stereocenters. The van der Waals surface area contributed by atoms with E-state index < -0.39 is 40.9 Å². The molecule has 5 N–H and O–H groups in total. The Balaban J connectivity index is 2.33. The first-order valence-corrected chi connectivity index (χ1v) is 6.78. The minimum Gasteiger partial charge on any atom is -0.423 e. The van der Waals surface area contributed by atoms with E-state index in [4.69, 9.17) is 5.73 Å². The Morgan fingerprint density at radius 1 is 1.12 bits per heavy atom. The summed E-state index contributed by atoms with van der Waals surface area (Å²) >= 11 is 0. The van der Waals surface area contributed by atoms with Gasteiger partial charge in [0.15, 0.2) is 0 Å². The third-order valence-electron chi connectivity index (χ3n) is 3.65. The van der Waals surface area contributed by atoms with E-state index in [9.17, 15) is 34.5 Å². The molecule has 2 heterocycles. The Hall–Kier alpha value is -3.51. The Morgan fingerprint density at radius 2 is 1.80 bits per heavy atom. The van der Waals surface area contributed by atoms with Gasteiger partial charge in [-0.15, -0.1) is 0 Å². The van der Waals surface area contributed by atoms with Crippen LogP contribution in [-0.4, -0.2) is 38.5 Å². The normalized spacial score (nSPS) is 12.7. The maximum Gasteiger partial charge on any atom is 0.488 e. The molecule has 0 saturated carbocycles. The fraction of sp³-hybridized carbons (Fsp3) is 0. The van der Waals surface area contributed by atoms with Crippen molar-refractivity contribution in [2.24, 2.45) is 0 Å². The van der Waals surface area contributed by atoms with Crippen LogP contribution in [0.15, 0.2) is 29.1 Å². The molecule has 0 aliphatic carbocycles. The molecular formula is C13H9BN4O7. The number of nitrogen functional groups attached to an aromatic ring is 1. The van der Waals surface area contributed by atoms with Crippen LogP contribution in [-0.2, 0) is 0 Å². The van der Waals surface area contributed by atoms with Crippen LogP contribution in [0, 0.1) is 10.1 Å².